The molecule has 7 heteroatoms. The van der Waals surface area contributed by atoms with E-state index in [1.165, 1.54) is 31.0 Å². The Kier molecular flexibility index (Phi) is 5.71. The number of aromatic nitrogens is 3. The van der Waals surface area contributed by atoms with Gasteiger partial charge in [-0.1, -0.05) is 31.0 Å². The molecule has 148 valence electrons. The van der Waals surface area contributed by atoms with E-state index in [0.29, 0.717) is 18.3 Å². The number of amides is 1. The largest absolute Gasteiger partial charge is 0.467 e. The highest BCUT2D eigenvalue weighted by Gasteiger charge is 2.19. The molecule has 0 bridgehead atoms. The Morgan fingerprint density at radius 2 is 2.11 bits per heavy atom. The molecule has 0 aliphatic heterocycles. The van der Waals surface area contributed by atoms with Crippen LogP contribution in [-0.2, 0) is 11.3 Å². The summed E-state index contributed by atoms with van der Waals surface area (Å²) >= 11 is 1.49. The average Bonchev–Trinajstić information content (AvgIpc) is 3.30. The zero-order valence-electron chi connectivity index (χ0n) is 16.4. The molecule has 4 rings (SSSR count). The van der Waals surface area contributed by atoms with Crippen LogP contribution in [0.3, 0.4) is 0 Å². The van der Waals surface area contributed by atoms with Crippen molar-refractivity contribution in [2.24, 2.45) is 0 Å². The van der Waals surface area contributed by atoms with Gasteiger partial charge in [-0.05, 0) is 44.4 Å². The summed E-state index contributed by atoms with van der Waals surface area (Å²) in [5.74, 6) is 1.36. The molecule has 3 aromatic rings. The van der Waals surface area contributed by atoms with Gasteiger partial charge in [0.25, 0.3) is 0 Å². The fraction of sp³-hybridized carbons (Fsp3) is 0.476. The molecule has 3 heterocycles. The summed E-state index contributed by atoms with van der Waals surface area (Å²) in [6.45, 7) is 4.81. The lowest BCUT2D eigenvalue weighted by molar-refractivity contribution is -0.119. The molecule has 0 atom stereocenters. The van der Waals surface area contributed by atoms with Gasteiger partial charge in [-0.25, -0.2) is 9.97 Å². The van der Waals surface area contributed by atoms with E-state index in [1.807, 2.05) is 12.1 Å². The Hall–Kier alpha value is -2.28. The number of nitrogens with one attached hydrogen (secondary N) is 1. The Labute approximate surface area is 169 Å². The SMILES string of the molecule is Cc1c(C)n(Cc2ccco2)c2ncnc(SCC(=O)NC3CCCCC3)c12. The smallest absolute Gasteiger partial charge is 0.230 e. The van der Waals surface area contributed by atoms with Crippen molar-refractivity contribution in [3.8, 4) is 0 Å². The molecule has 1 aliphatic carbocycles. The minimum absolute atomic E-state index is 0.0908. The fourth-order valence-electron chi connectivity index (χ4n) is 3.95. The van der Waals surface area contributed by atoms with Gasteiger partial charge in [0.15, 0.2) is 0 Å². The number of nitrogens with zero attached hydrogens (tertiary/aromatic N) is 3. The lowest BCUT2D eigenvalue weighted by atomic mass is 9.95. The van der Waals surface area contributed by atoms with Gasteiger partial charge in [-0.15, -0.1) is 0 Å². The maximum atomic E-state index is 12.4. The predicted octanol–water partition coefficient (Wildman–Crippen LogP) is 4.23. The third kappa shape index (κ3) is 3.94. The van der Waals surface area contributed by atoms with Crippen molar-refractivity contribution in [2.45, 2.75) is 63.6 Å². The molecule has 1 amide bonds. The number of carbonyl (C=O) groups excluding carboxylic acids is 1. The van der Waals surface area contributed by atoms with Crippen LogP contribution < -0.4 is 5.32 Å². The van der Waals surface area contributed by atoms with E-state index >= 15 is 0 Å². The van der Waals surface area contributed by atoms with E-state index in [-0.39, 0.29) is 5.91 Å². The number of hydrogen-bond donors (Lipinski definition) is 1. The van der Waals surface area contributed by atoms with Crippen LogP contribution in [-0.4, -0.2) is 32.2 Å². The van der Waals surface area contributed by atoms with Crippen LogP contribution in [0.2, 0.25) is 0 Å². The summed E-state index contributed by atoms with van der Waals surface area (Å²) in [6.07, 6.45) is 9.18. The molecule has 0 spiro atoms. The van der Waals surface area contributed by atoms with E-state index in [2.05, 4.69) is 33.7 Å². The molecule has 6 nitrogen and oxygen atoms in total. The second kappa shape index (κ2) is 8.39. The van der Waals surface area contributed by atoms with Gasteiger partial charge in [0.05, 0.1) is 23.9 Å². The number of furan rings is 1. The fourth-order valence-corrected chi connectivity index (χ4v) is 4.81. The van der Waals surface area contributed by atoms with Crippen LogP contribution in [0.1, 0.15) is 49.1 Å². The second-order valence-electron chi connectivity index (χ2n) is 7.44. The molecule has 1 saturated carbocycles. The molecular weight excluding hydrogens is 372 g/mol. The van der Waals surface area contributed by atoms with Crippen molar-refractivity contribution in [1.29, 1.82) is 0 Å². The maximum Gasteiger partial charge on any atom is 0.230 e. The summed E-state index contributed by atoms with van der Waals surface area (Å²) in [5.41, 5.74) is 3.18. The topological polar surface area (TPSA) is 73.0 Å². The summed E-state index contributed by atoms with van der Waals surface area (Å²) in [7, 11) is 0. The highest BCUT2D eigenvalue weighted by Crippen LogP contribution is 2.31. The number of aryl methyl sites for hydroxylation is 1. The summed E-state index contributed by atoms with van der Waals surface area (Å²) < 4.78 is 7.66. The van der Waals surface area contributed by atoms with E-state index < -0.39 is 0 Å². The first-order valence-corrected chi connectivity index (χ1v) is 10.9. The van der Waals surface area contributed by atoms with Crippen LogP contribution in [0.5, 0.6) is 0 Å². The maximum absolute atomic E-state index is 12.4. The zero-order valence-corrected chi connectivity index (χ0v) is 17.2. The van der Waals surface area contributed by atoms with Crippen molar-refractivity contribution in [2.75, 3.05) is 5.75 Å². The Morgan fingerprint density at radius 3 is 2.86 bits per heavy atom. The molecule has 1 N–H and O–H groups in total. The molecular formula is C21H26N4O2S. The number of carbonyl (C=O) groups is 1. The number of fused-ring (bicyclic) bond motifs is 1. The van der Waals surface area contributed by atoms with Gasteiger partial charge in [0.1, 0.15) is 22.8 Å². The predicted molar refractivity (Wildman–Crippen MR) is 111 cm³/mol. The molecule has 0 unspecified atom stereocenters. The molecule has 0 radical (unpaired) electrons. The van der Waals surface area contributed by atoms with Crippen molar-refractivity contribution in [3.05, 3.63) is 41.7 Å². The first-order valence-electron chi connectivity index (χ1n) is 9.88. The Balaban J connectivity index is 1.52. The quantitative estimate of drug-likeness (QED) is 0.497. The Morgan fingerprint density at radius 1 is 1.29 bits per heavy atom. The van der Waals surface area contributed by atoms with Gasteiger partial charge in [-0.2, -0.15) is 0 Å². The van der Waals surface area contributed by atoms with Crippen molar-refractivity contribution >= 4 is 28.7 Å². The monoisotopic (exact) mass is 398 g/mol. The minimum atomic E-state index is 0.0908. The lowest BCUT2D eigenvalue weighted by Gasteiger charge is -2.22. The van der Waals surface area contributed by atoms with Crippen LogP contribution in [0.25, 0.3) is 11.0 Å². The summed E-state index contributed by atoms with van der Waals surface area (Å²) in [5, 5.41) is 5.07. The third-order valence-electron chi connectivity index (χ3n) is 5.58. The first-order chi connectivity index (χ1) is 13.6. The van der Waals surface area contributed by atoms with Crippen LogP contribution in [0.4, 0.5) is 0 Å². The standard InChI is InChI=1S/C21H26N4O2S/c1-14-15(2)25(11-17-9-6-10-27-17)20-19(14)21(23-13-22-20)28-12-18(26)24-16-7-4-3-5-8-16/h6,9-10,13,16H,3-5,7-8,11-12H2,1-2H3,(H,24,26). The average molecular weight is 399 g/mol. The zero-order chi connectivity index (χ0) is 19.5. The van der Waals surface area contributed by atoms with E-state index in [0.717, 1.165) is 45.9 Å². The number of thioether (sulfide) groups is 1. The van der Waals surface area contributed by atoms with Gasteiger partial charge in [0, 0.05) is 11.7 Å². The highest BCUT2D eigenvalue weighted by molar-refractivity contribution is 8.00. The Bertz CT molecular complexity index is 959. The van der Waals surface area contributed by atoms with Gasteiger partial charge >= 0.3 is 0 Å². The lowest BCUT2D eigenvalue weighted by Crippen LogP contribution is -2.37. The second-order valence-corrected chi connectivity index (χ2v) is 8.41. The molecule has 28 heavy (non-hydrogen) atoms. The van der Waals surface area contributed by atoms with E-state index in [4.69, 9.17) is 4.42 Å². The van der Waals surface area contributed by atoms with Crippen molar-refractivity contribution in [1.82, 2.24) is 19.9 Å². The molecule has 1 aliphatic rings. The number of rotatable bonds is 6. The van der Waals surface area contributed by atoms with Crippen molar-refractivity contribution in [3.63, 3.8) is 0 Å². The normalized spacial score (nSPS) is 15.2. The van der Waals surface area contributed by atoms with Crippen LogP contribution >= 0.6 is 11.8 Å². The van der Waals surface area contributed by atoms with E-state index in [9.17, 15) is 4.79 Å². The molecule has 1 fully saturated rings. The summed E-state index contributed by atoms with van der Waals surface area (Å²) in [4.78, 5) is 21.4. The van der Waals surface area contributed by atoms with E-state index in [1.54, 1.807) is 12.6 Å². The molecule has 0 aromatic carbocycles. The molecule has 0 saturated heterocycles. The molecule has 3 aromatic heterocycles. The minimum Gasteiger partial charge on any atom is -0.467 e. The van der Waals surface area contributed by atoms with Gasteiger partial charge in [0.2, 0.25) is 5.91 Å². The van der Waals surface area contributed by atoms with Gasteiger partial charge in [-0.3, -0.25) is 4.79 Å². The van der Waals surface area contributed by atoms with Gasteiger partial charge < -0.3 is 14.3 Å². The van der Waals surface area contributed by atoms with Crippen LogP contribution in [0.15, 0.2) is 34.2 Å². The summed E-state index contributed by atoms with van der Waals surface area (Å²) in [6, 6.07) is 4.20. The van der Waals surface area contributed by atoms with Crippen molar-refractivity contribution < 1.29 is 9.21 Å². The highest BCUT2D eigenvalue weighted by atomic mass is 32.2. The third-order valence-corrected chi connectivity index (χ3v) is 6.56. The number of hydrogen-bond acceptors (Lipinski definition) is 5. The van der Waals surface area contributed by atoms with Crippen LogP contribution in [0, 0.1) is 13.8 Å². The first kappa shape index (κ1) is 19.1.